The lowest BCUT2D eigenvalue weighted by Gasteiger charge is -2.14. The van der Waals surface area contributed by atoms with Gasteiger partial charge in [-0.25, -0.2) is 0 Å². The predicted molar refractivity (Wildman–Crippen MR) is 120 cm³/mol. The summed E-state index contributed by atoms with van der Waals surface area (Å²) in [6, 6.07) is 5.00. The standard InChI is InChI=1S/C26H35F3O3/c1-2-18-32-25(30)17-6-4-3-5-11-21-13-9-14-22(21)12-7-8-19-31-24-16-10-15-23(20-24)26(27,28)29/h3,5,7,10,12,15-16,20-22H,2,4,6,8-9,11,13-14,17-19H2,1H3/b5-3-,12-7+/t21-,22?/m0/s1. The van der Waals surface area contributed by atoms with Gasteiger partial charge in [0.15, 0.2) is 0 Å². The molecule has 1 aromatic rings. The topological polar surface area (TPSA) is 35.5 Å². The van der Waals surface area contributed by atoms with Crippen molar-refractivity contribution >= 4 is 5.97 Å². The van der Waals surface area contributed by atoms with Crippen molar-refractivity contribution in [3.8, 4) is 5.75 Å². The molecule has 1 aromatic carbocycles. The van der Waals surface area contributed by atoms with E-state index in [1.165, 1.54) is 25.3 Å². The van der Waals surface area contributed by atoms with E-state index < -0.39 is 11.7 Å². The minimum absolute atomic E-state index is 0.113. The third-order valence-electron chi connectivity index (χ3n) is 5.64. The molecule has 1 aliphatic carbocycles. The first-order valence-electron chi connectivity index (χ1n) is 11.7. The summed E-state index contributed by atoms with van der Waals surface area (Å²) >= 11 is 0. The van der Waals surface area contributed by atoms with Crippen LogP contribution in [0.5, 0.6) is 5.75 Å². The van der Waals surface area contributed by atoms with Gasteiger partial charge in [-0.1, -0.05) is 43.7 Å². The number of alkyl halides is 3. The van der Waals surface area contributed by atoms with Gasteiger partial charge in [0.1, 0.15) is 5.75 Å². The summed E-state index contributed by atoms with van der Waals surface area (Å²) in [4.78, 5) is 11.5. The summed E-state index contributed by atoms with van der Waals surface area (Å²) in [5, 5.41) is 0. The number of allylic oxidation sites excluding steroid dienone is 3. The normalized spacial score (nSPS) is 19.1. The molecule has 0 spiro atoms. The number of carbonyl (C=O) groups is 1. The van der Waals surface area contributed by atoms with Crippen molar-refractivity contribution in [2.24, 2.45) is 11.8 Å². The van der Waals surface area contributed by atoms with E-state index in [1.807, 2.05) is 6.92 Å². The van der Waals surface area contributed by atoms with Crippen molar-refractivity contribution in [1.82, 2.24) is 0 Å². The third kappa shape index (κ3) is 9.92. The summed E-state index contributed by atoms with van der Waals surface area (Å²) in [5.74, 6) is 1.30. The molecule has 0 amide bonds. The molecular weight excluding hydrogens is 417 g/mol. The summed E-state index contributed by atoms with van der Waals surface area (Å²) in [6.07, 6.45) is 12.7. The molecule has 1 aliphatic rings. The van der Waals surface area contributed by atoms with Gasteiger partial charge in [-0.2, -0.15) is 13.2 Å². The lowest BCUT2D eigenvalue weighted by molar-refractivity contribution is -0.143. The molecule has 178 valence electrons. The summed E-state index contributed by atoms with van der Waals surface area (Å²) in [5.41, 5.74) is -0.691. The van der Waals surface area contributed by atoms with Gasteiger partial charge in [0.25, 0.3) is 0 Å². The summed E-state index contributed by atoms with van der Waals surface area (Å²) in [6.45, 7) is 2.84. The second-order valence-electron chi connectivity index (χ2n) is 8.27. The first-order valence-corrected chi connectivity index (χ1v) is 11.7. The second-order valence-corrected chi connectivity index (χ2v) is 8.27. The van der Waals surface area contributed by atoms with Crippen LogP contribution < -0.4 is 4.74 Å². The molecule has 6 heteroatoms. The number of hydrogen-bond acceptors (Lipinski definition) is 3. The highest BCUT2D eigenvalue weighted by Gasteiger charge is 2.30. The minimum Gasteiger partial charge on any atom is -0.493 e. The van der Waals surface area contributed by atoms with Crippen LogP contribution in [0, 0.1) is 11.8 Å². The van der Waals surface area contributed by atoms with Crippen LogP contribution in [-0.4, -0.2) is 19.2 Å². The largest absolute Gasteiger partial charge is 0.493 e. The number of carbonyl (C=O) groups excluding carboxylic acids is 1. The lowest BCUT2D eigenvalue weighted by Crippen LogP contribution is -2.06. The van der Waals surface area contributed by atoms with Crippen molar-refractivity contribution in [3.05, 3.63) is 54.1 Å². The maximum Gasteiger partial charge on any atom is 0.416 e. The smallest absolute Gasteiger partial charge is 0.416 e. The number of rotatable bonds is 13. The molecule has 0 aromatic heterocycles. The van der Waals surface area contributed by atoms with Crippen LogP contribution in [0.3, 0.4) is 0 Å². The van der Waals surface area contributed by atoms with Crippen molar-refractivity contribution in [2.75, 3.05) is 13.2 Å². The Balaban J connectivity index is 1.64. The van der Waals surface area contributed by atoms with E-state index in [4.69, 9.17) is 9.47 Å². The molecule has 0 radical (unpaired) electrons. The van der Waals surface area contributed by atoms with Gasteiger partial charge in [-0.05, 0) is 75.0 Å². The SMILES string of the molecule is CCCOC(=O)CCC/C=C\C[C@H]1CCCC1/C=C/CCOc1cccc(C(F)(F)F)c1. The van der Waals surface area contributed by atoms with Crippen molar-refractivity contribution in [2.45, 2.75) is 70.9 Å². The Morgan fingerprint density at radius 3 is 2.75 bits per heavy atom. The van der Waals surface area contributed by atoms with Crippen LogP contribution in [-0.2, 0) is 15.7 Å². The molecule has 0 heterocycles. The van der Waals surface area contributed by atoms with E-state index in [0.717, 1.165) is 37.8 Å². The van der Waals surface area contributed by atoms with Crippen LogP contribution in [0.25, 0.3) is 0 Å². The maximum atomic E-state index is 12.8. The number of halogens is 3. The molecule has 0 N–H and O–H groups in total. The summed E-state index contributed by atoms with van der Waals surface area (Å²) < 4.78 is 48.8. The Hall–Kier alpha value is -2.24. The molecule has 0 aliphatic heterocycles. The fourth-order valence-corrected chi connectivity index (χ4v) is 3.93. The van der Waals surface area contributed by atoms with Gasteiger partial charge in [0, 0.05) is 6.42 Å². The molecule has 3 nitrogen and oxygen atoms in total. The number of ether oxygens (including phenoxy) is 2. The Morgan fingerprint density at radius 2 is 1.97 bits per heavy atom. The van der Waals surface area contributed by atoms with E-state index in [9.17, 15) is 18.0 Å². The lowest BCUT2D eigenvalue weighted by atomic mass is 9.92. The van der Waals surface area contributed by atoms with Crippen molar-refractivity contribution in [1.29, 1.82) is 0 Å². The van der Waals surface area contributed by atoms with E-state index in [2.05, 4.69) is 24.3 Å². The number of unbranched alkanes of at least 4 members (excludes halogenated alkanes) is 1. The second kappa shape index (κ2) is 14.0. The van der Waals surface area contributed by atoms with Gasteiger partial charge in [-0.3, -0.25) is 4.79 Å². The van der Waals surface area contributed by atoms with Gasteiger partial charge in [0.2, 0.25) is 0 Å². The monoisotopic (exact) mass is 452 g/mol. The Kier molecular flexibility index (Phi) is 11.4. The van der Waals surface area contributed by atoms with Crippen molar-refractivity contribution in [3.63, 3.8) is 0 Å². The van der Waals surface area contributed by atoms with Crippen LogP contribution in [0.4, 0.5) is 13.2 Å². The first-order chi connectivity index (χ1) is 15.4. The average Bonchev–Trinajstić information content (AvgIpc) is 3.21. The number of esters is 1. The molecule has 2 rings (SSSR count). The highest BCUT2D eigenvalue weighted by molar-refractivity contribution is 5.69. The Labute approximate surface area is 189 Å². The summed E-state index contributed by atoms with van der Waals surface area (Å²) in [7, 11) is 0. The fourth-order valence-electron chi connectivity index (χ4n) is 3.93. The first kappa shape index (κ1) is 26.0. The van der Waals surface area contributed by atoms with Crippen LogP contribution >= 0.6 is 0 Å². The predicted octanol–water partition coefficient (Wildman–Crippen LogP) is 7.52. The molecule has 1 fully saturated rings. The zero-order chi connectivity index (χ0) is 23.2. The number of hydrogen-bond donors (Lipinski definition) is 0. The molecular formula is C26H35F3O3. The quantitative estimate of drug-likeness (QED) is 0.176. The molecule has 1 saturated carbocycles. The van der Waals surface area contributed by atoms with Gasteiger partial charge in [0.05, 0.1) is 18.8 Å². The highest BCUT2D eigenvalue weighted by atomic mass is 19.4. The van der Waals surface area contributed by atoms with Crippen LogP contribution in [0.2, 0.25) is 0 Å². The zero-order valence-corrected chi connectivity index (χ0v) is 18.9. The molecule has 2 atom stereocenters. The van der Waals surface area contributed by atoms with Crippen LogP contribution in [0.15, 0.2) is 48.6 Å². The molecule has 32 heavy (non-hydrogen) atoms. The Morgan fingerprint density at radius 1 is 1.12 bits per heavy atom. The molecule has 1 unspecified atom stereocenters. The minimum atomic E-state index is -4.36. The van der Waals surface area contributed by atoms with E-state index in [0.29, 0.717) is 37.9 Å². The maximum absolute atomic E-state index is 12.8. The van der Waals surface area contributed by atoms with Gasteiger partial charge >= 0.3 is 12.1 Å². The fraction of sp³-hybridized carbons (Fsp3) is 0.577. The van der Waals surface area contributed by atoms with Gasteiger partial charge < -0.3 is 9.47 Å². The molecule has 0 bridgehead atoms. The molecule has 0 saturated heterocycles. The van der Waals surface area contributed by atoms with Gasteiger partial charge in [-0.15, -0.1) is 0 Å². The van der Waals surface area contributed by atoms with E-state index in [1.54, 1.807) is 6.07 Å². The third-order valence-corrected chi connectivity index (χ3v) is 5.64. The van der Waals surface area contributed by atoms with Crippen molar-refractivity contribution < 1.29 is 27.4 Å². The number of benzene rings is 1. The van der Waals surface area contributed by atoms with E-state index >= 15 is 0 Å². The van der Waals surface area contributed by atoms with Crippen LogP contribution in [0.1, 0.15) is 70.3 Å². The average molecular weight is 453 g/mol. The highest BCUT2D eigenvalue weighted by Crippen LogP contribution is 2.35. The zero-order valence-electron chi connectivity index (χ0n) is 18.9. The Bertz CT molecular complexity index is 740. The van der Waals surface area contributed by atoms with E-state index in [-0.39, 0.29) is 11.7 Å².